The summed E-state index contributed by atoms with van der Waals surface area (Å²) in [6.07, 6.45) is 0.609. The highest BCUT2D eigenvalue weighted by Crippen LogP contribution is 2.24. The minimum Gasteiger partial charge on any atom is -0.377 e. The van der Waals surface area contributed by atoms with Gasteiger partial charge in [-0.05, 0) is 42.7 Å². The van der Waals surface area contributed by atoms with Crippen LogP contribution in [0.15, 0.2) is 48.5 Å². The van der Waals surface area contributed by atoms with Gasteiger partial charge in [0.05, 0.1) is 18.0 Å². The fraction of sp³-hybridized carbons (Fsp3) is 0.350. The summed E-state index contributed by atoms with van der Waals surface area (Å²) in [5.41, 5.74) is 3.07. The number of nitrogens with one attached hydrogen (secondary N) is 1. The van der Waals surface area contributed by atoms with Gasteiger partial charge in [0.1, 0.15) is 0 Å². The number of benzene rings is 2. The molecule has 2 aromatic rings. The van der Waals surface area contributed by atoms with Gasteiger partial charge >= 0.3 is 0 Å². The summed E-state index contributed by atoms with van der Waals surface area (Å²) in [6.45, 7) is 4.07. The Hall–Kier alpha value is -2.38. The summed E-state index contributed by atoms with van der Waals surface area (Å²) >= 11 is 0. The number of carbonyl (C=O) groups is 1. The van der Waals surface area contributed by atoms with Crippen LogP contribution in [0, 0.1) is 0 Å². The summed E-state index contributed by atoms with van der Waals surface area (Å²) < 4.78 is 30.9. The Bertz CT molecular complexity index is 894. The molecule has 0 radical (unpaired) electrons. The number of hydrogen-bond donors (Lipinski definition) is 1. The first-order chi connectivity index (χ1) is 13.0. The molecule has 0 aliphatic carbocycles. The van der Waals surface area contributed by atoms with Crippen molar-refractivity contribution in [2.45, 2.75) is 26.5 Å². The third kappa shape index (κ3) is 4.87. The minimum absolute atomic E-state index is 0.155. The van der Waals surface area contributed by atoms with Crippen LogP contribution in [0.3, 0.4) is 0 Å². The Balaban J connectivity index is 1.62. The molecule has 6 nitrogen and oxygen atoms in total. The normalized spacial score (nSPS) is 15.7. The first kappa shape index (κ1) is 19.4. The van der Waals surface area contributed by atoms with Crippen molar-refractivity contribution in [1.29, 1.82) is 0 Å². The van der Waals surface area contributed by atoms with Gasteiger partial charge in [0.25, 0.3) is 5.91 Å². The Kier molecular flexibility index (Phi) is 6.13. The fourth-order valence-corrected chi connectivity index (χ4v) is 4.55. The van der Waals surface area contributed by atoms with Crippen LogP contribution >= 0.6 is 0 Å². The average Bonchev–Trinajstić information content (AvgIpc) is 3.04. The van der Waals surface area contributed by atoms with Crippen LogP contribution in [-0.4, -0.2) is 33.2 Å². The zero-order chi connectivity index (χ0) is 19.3. The van der Waals surface area contributed by atoms with Crippen LogP contribution in [0.2, 0.25) is 0 Å². The molecule has 1 N–H and O–H groups in total. The van der Waals surface area contributed by atoms with Crippen molar-refractivity contribution in [2.75, 3.05) is 23.2 Å². The second kappa shape index (κ2) is 8.54. The van der Waals surface area contributed by atoms with E-state index in [0.717, 1.165) is 11.1 Å². The van der Waals surface area contributed by atoms with E-state index in [9.17, 15) is 13.2 Å². The number of amides is 1. The minimum atomic E-state index is -3.26. The Morgan fingerprint density at radius 3 is 2.56 bits per heavy atom. The molecule has 144 valence electrons. The molecular formula is C20H24N2O4S. The number of nitrogens with zero attached hydrogens (tertiary/aromatic N) is 1. The Labute approximate surface area is 160 Å². The van der Waals surface area contributed by atoms with Crippen molar-refractivity contribution in [1.82, 2.24) is 5.32 Å². The monoisotopic (exact) mass is 388 g/mol. The van der Waals surface area contributed by atoms with E-state index >= 15 is 0 Å². The largest absolute Gasteiger partial charge is 0.377 e. The van der Waals surface area contributed by atoms with Crippen molar-refractivity contribution >= 4 is 21.6 Å². The predicted molar refractivity (Wildman–Crippen MR) is 105 cm³/mol. The van der Waals surface area contributed by atoms with E-state index in [1.54, 1.807) is 24.3 Å². The quantitative estimate of drug-likeness (QED) is 0.791. The number of sulfonamides is 1. The van der Waals surface area contributed by atoms with Crippen LogP contribution in [-0.2, 0) is 27.9 Å². The van der Waals surface area contributed by atoms with Gasteiger partial charge in [0.2, 0.25) is 10.0 Å². The van der Waals surface area contributed by atoms with Crippen LogP contribution in [0.5, 0.6) is 0 Å². The molecule has 1 fully saturated rings. The Morgan fingerprint density at radius 1 is 1.15 bits per heavy atom. The SMILES string of the molecule is CCOCc1ccc(CNC(=O)c2cccc(N3CCCS3(=O)=O)c2)cc1. The molecule has 1 saturated heterocycles. The zero-order valence-corrected chi connectivity index (χ0v) is 16.2. The predicted octanol–water partition coefficient (Wildman–Crippen LogP) is 2.69. The van der Waals surface area contributed by atoms with Gasteiger partial charge in [-0.2, -0.15) is 0 Å². The molecule has 2 aromatic carbocycles. The molecule has 0 bridgehead atoms. The van der Waals surface area contributed by atoms with Crippen molar-refractivity contribution in [2.24, 2.45) is 0 Å². The highest BCUT2D eigenvalue weighted by atomic mass is 32.2. The van der Waals surface area contributed by atoms with Gasteiger partial charge in [0, 0.05) is 25.3 Å². The highest BCUT2D eigenvalue weighted by molar-refractivity contribution is 7.93. The second-order valence-electron chi connectivity index (χ2n) is 6.43. The van der Waals surface area contributed by atoms with E-state index in [4.69, 9.17) is 4.74 Å². The lowest BCUT2D eigenvalue weighted by Gasteiger charge is -2.17. The summed E-state index contributed by atoms with van der Waals surface area (Å²) in [7, 11) is -3.26. The lowest BCUT2D eigenvalue weighted by molar-refractivity contribution is 0.0951. The molecule has 27 heavy (non-hydrogen) atoms. The van der Waals surface area contributed by atoms with E-state index < -0.39 is 10.0 Å². The van der Waals surface area contributed by atoms with Crippen LogP contribution in [0.4, 0.5) is 5.69 Å². The Morgan fingerprint density at radius 2 is 1.89 bits per heavy atom. The van der Waals surface area contributed by atoms with E-state index in [-0.39, 0.29) is 11.7 Å². The fourth-order valence-electron chi connectivity index (χ4n) is 2.99. The van der Waals surface area contributed by atoms with Crippen LogP contribution in [0.25, 0.3) is 0 Å². The van der Waals surface area contributed by atoms with Gasteiger partial charge in [-0.1, -0.05) is 30.3 Å². The van der Waals surface area contributed by atoms with Crippen LogP contribution < -0.4 is 9.62 Å². The number of rotatable bonds is 7. The molecule has 0 unspecified atom stereocenters. The maximum Gasteiger partial charge on any atom is 0.251 e. The number of hydrogen-bond acceptors (Lipinski definition) is 4. The highest BCUT2D eigenvalue weighted by Gasteiger charge is 2.28. The molecule has 0 spiro atoms. The molecule has 1 heterocycles. The van der Waals surface area contributed by atoms with Crippen molar-refractivity contribution in [3.8, 4) is 0 Å². The first-order valence-corrected chi connectivity index (χ1v) is 10.6. The molecule has 3 rings (SSSR count). The molecule has 1 aliphatic rings. The molecule has 0 saturated carbocycles. The summed E-state index contributed by atoms with van der Waals surface area (Å²) in [5, 5.41) is 2.88. The van der Waals surface area contributed by atoms with Gasteiger partial charge in [-0.3, -0.25) is 9.10 Å². The van der Waals surface area contributed by atoms with Gasteiger partial charge in [0.15, 0.2) is 0 Å². The second-order valence-corrected chi connectivity index (χ2v) is 8.44. The average molecular weight is 388 g/mol. The molecule has 0 atom stereocenters. The smallest absolute Gasteiger partial charge is 0.251 e. The molecule has 7 heteroatoms. The van der Waals surface area contributed by atoms with Crippen LogP contribution in [0.1, 0.15) is 34.8 Å². The standard InChI is InChI=1S/C20H24N2O4S/c1-2-26-15-17-9-7-16(8-10-17)14-21-20(23)18-5-3-6-19(13-18)22-11-4-12-27(22,24)25/h3,5-10,13H,2,4,11-12,14-15H2,1H3,(H,21,23). The van der Waals surface area contributed by atoms with Gasteiger partial charge in [-0.25, -0.2) is 8.42 Å². The molecule has 1 aliphatic heterocycles. The number of ether oxygens (including phenoxy) is 1. The third-order valence-corrected chi connectivity index (χ3v) is 6.31. The molecule has 0 aromatic heterocycles. The maximum atomic E-state index is 12.5. The zero-order valence-electron chi connectivity index (χ0n) is 15.3. The van der Waals surface area contributed by atoms with Gasteiger partial charge in [-0.15, -0.1) is 0 Å². The maximum absolute atomic E-state index is 12.5. The van der Waals surface area contributed by atoms with Crippen molar-refractivity contribution < 1.29 is 17.9 Å². The number of carbonyl (C=O) groups excluding carboxylic acids is 1. The lowest BCUT2D eigenvalue weighted by Crippen LogP contribution is -2.26. The van der Waals surface area contributed by atoms with Crippen molar-refractivity contribution in [3.63, 3.8) is 0 Å². The van der Waals surface area contributed by atoms with E-state index in [0.29, 0.717) is 44.0 Å². The summed E-state index contributed by atoms with van der Waals surface area (Å²) in [4.78, 5) is 12.5. The molecular weight excluding hydrogens is 364 g/mol. The van der Waals surface area contributed by atoms with Crippen molar-refractivity contribution in [3.05, 3.63) is 65.2 Å². The first-order valence-electron chi connectivity index (χ1n) is 9.04. The lowest BCUT2D eigenvalue weighted by atomic mass is 10.1. The van der Waals surface area contributed by atoms with Gasteiger partial charge < -0.3 is 10.1 Å². The topological polar surface area (TPSA) is 75.7 Å². The number of anilines is 1. The van der Waals surface area contributed by atoms with E-state index in [1.807, 2.05) is 31.2 Å². The summed E-state index contributed by atoms with van der Waals surface area (Å²) in [6, 6.07) is 14.6. The molecule has 1 amide bonds. The van der Waals surface area contributed by atoms with E-state index in [1.165, 1.54) is 4.31 Å². The third-order valence-electron chi connectivity index (χ3n) is 4.44. The summed E-state index contributed by atoms with van der Waals surface area (Å²) in [5.74, 6) is -0.0743. The van der Waals surface area contributed by atoms with E-state index in [2.05, 4.69) is 5.32 Å².